The molecule has 1 aromatic carbocycles. The summed E-state index contributed by atoms with van der Waals surface area (Å²) < 4.78 is 1.67. The molecule has 0 atom stereocenters. The monoisotopic (exact) mass is 224 g/mol. The van der Waals surface area contributed by atoms with Crippen LogP contribution >= 0.6 is 11.6 Å². The topological polar surface area (TPSA) is 55.1 Å². The van der Waals surface area contributed by atoms with Crippen molar-refractivity contribution in [2.45, 2.75) is 6.42 Å². The molecule has 1 heterocycles. The maximum Gasteiger partial charge on any atom is 0.307 e. The van der Waals surface area contributed by atoms with Gasteiger partial charge in [0.2, 0.25) is 0 Å². The van der Waals surface area contributed by atoms with Crippen LogP contribution in [0.2, 0.25) is 5.02 Å². The largest absolute Gasteiger partial charge is 0.481 e. The molecule has 0 spiro atoms. The van der Waals surface area contributed by atoms with Gasteiger partial charge in [-0.3, -0.25) is 9.48 Å². The van der Waals surface area contributed by atoms with E-state index >= 15 is 0 Å². The van der Waals surface area contributed by atoms with E-state index in [4.69, 9.17) is 16.7 Å². The first-order valence-electron chi connectivity index (χ1n) is 4.40. The number of hydrogen-bond donors (Lipinski definition) is 1. The highest BCUT2D eigenvalue weighted by molar-refractivity contribution is 6.35. The van der Waals surface area contributed by atoms with Gasteiger partial charge in [-0.05, 0) is 17.7 Å². The Hall–Kier alpha value is -1.55. The fourth-order valence-electron chi connectivity index (χ4n) is 1.60. The Labute approximate surface area is 91.1 Å². The highest BCUT2D eigenvalue weighted by Gasteiger charge is 2.08. The van der Waals surface area contributed by atoms with Gasteiger partial charge in [0.05, 0.1) is 23.2 Å². The number of nitrogens with zero attached hydrogens (tertiary/aromatic N) is 2. The van der Waals surface area contributed by atoms with E-state index in [1.165, 1.54) is 0 Å². The second-order valence-electron chi connectivity index (χ2n) is 3.35. The number of carboxylic acids is 1. The van der Waals surface area contributed by atoms with Crippen molar-refractivity contribution in [2.24, 2.45) is 7.05 Å². The molecule has 2 rings (SSSR count). The predicted molar refractivity (Wildman–Crippen MR) is 57.1 cm³/mol. The van der Waals surface area contributed by atoms with Gasteiger partial charge in [-0.15, -0.1) is 0 Å². The second kappa shape index (κ2) is 3.55. The number of aryl methyl sites for hydroxylation is 1. The summed E-state index contributed by atoms with van der Waals surface area (Å²) in [5.41, 5.74) is 1.51. The van der Waals surface area contributed by atoms with Crippen LogP contribution in [0.1, 0.15) is 5.56 Å². The van der Waals surface area contributed by atoms with Crippen molar-refractivity contribution < 1.29 is 9.90 Å². The Bertz CT molecular complexity index is 533. The Balaban J connectivity index is 2.58. The number of fused-ring (bicyclic) bond motifs is 1. The lowest BCUT2D eigenvalue weighted by Crippen LogP contribution is -2.00. The molecule has 15 heavy (non-hydrogen) atoms. The van der Waals surface area contributed by atoms with Crippen LogP contribution in [0.4, 0.5) is 0 Å². The van der Waals surface area contributed by atoms with Crippen molar-refractivity contribution in [1.82, 2.24) is 9.78 Å². The maximum absolute atomic E-state index is 10.6. The first-order chi connectivity index (χ1) is 7.08. The molecule has 0 aliphatic carbocycles. The molecule has 2 aromatic rings. The van der Waals surface area contributed by atoms with Crippen LogP contribution in [-0.4, -0.2) is 20.9 Å². The molecule has 0 saturated heterocycles. The van der Waals surface area contributed by atoms with Gasteiger partial charge in [-0.25, -0.2) is 0 Å². The van der Waals surface area contributed by atoms with E-state index in [2.05, 4.69) is 5.10 Å². The molecule has 0 amide bonds. The van der Waals surface area contributed by atoms with Gasteiger partial charge in [0.1, 0.15) is 0 Å². The third-order valence-corrected chi connectivity index (χ3v) is 2.49. The van der Waals surface area contributed by atoms with E-state index in [0.717, 1.165) is 10.9 Å². The van der Waals surface area contributed by atoms with Crippen molar-refractivity contribution in [3.05, 3.63) is 28.9 Å². The molecule has 0 aliphatic heterocycles. The van der Waals surface area contributed by atoms with Gasteiger partial charge in [-0.1, -0.05) is 11.6 Å². The van der Waals surface area contributed by atoms with E-state index < -0.39 is 5.97 Å². The van der Waals surface area contributed by atoms with Crippen LogP contribution < -0.4 is 0 Å². The van der Waals surface area contributed by atoms with Crippen LogP contribution in [0.3, 0.4) is 0 Å². The number of aromatic nitrogens is 2. The highest BCUT2D eigenvalue weighted by atomic mass is 35.5. The van der Waals surface area contributed by atoms with Gasteiger partial charge in [0, 0.05) is 12.4 Å². The third-order valence-electron chi connectivity index (χ3n) is 2.20. The molecule has 0 fully saturated rings. The molecule has 4 nitrogen and oxygen atoms in total. The normalized spacial score (nSPS) is 10.8. The highest BCUT2D eigenvalue weighted by Crippen LogP contribution is 2.24. The van der Waals surface area contributed by atoms with Gasteiger partial charge in [0.15, 0.2) is 0 Å². The number of carboxylic acid groups (broad SMARTS) is 1. The van der Waals surface area contributed by atoms with E-state index in [0.29, 0.717) is 10.6 Å². The first kappa shape index (κ1) is 9.98. The molecule has 1 aromatic heterocycles. The standard InChI is InChI=1S/C10H9ClN2O2/c1-13-10-7(5-12-13)2-6(3-8(10)11)4-9(14)15/h2-3,5H,4H2,1H3,(H,14,15). The zero-order valence-electron chi connectivity index (χ0n) is 8.07. The summed E-state index contributed by atoms with van der Waals surface area (Å²) in [4.78, 5) is 10.6. The van der Waals surface area contributed by atoms with Gasteiger partial charge in [-0.2, -0.15) is 5.10 Å². The SMILES string of the molecule is Cn1ncc2cc(CC(=O)O)cc(Cl)c21. The number of hydrogen-bond acceptors (Lipinski definition) is 2. The average Bonchev–Trinajstić information content (AvgIpc) is 2.46. The first-order valence-corrected chi connectivity index (χ1v) is 4.77. The van der Waals surface area contributed by atoms with Crippen LogP contribution in [0.25, 0.3) is 10.9 Å². The molecular formula is C10H9ClN2O2. The van der Waals surface area contributed by atoms with Crippen molar-refractivity contribution >= 4 is 28.5 Å². The lowest BCUT2D eigenvalue weighted by atomic mass is 10.1. The molecular weight excluding hydrogens is 216 g/mol. The maximum atomic E-state index is 10.6. The van der Waals surface area contributed by atoms with E-state index in [-0.39, 0.29) is 6.42 Å². The van der Waals surface area contributed by atoms with E-state index in [9.17, 15) is 4.79 Å². The Morgan fingerprint density at radius 1 is 1.60 bits per heavy atom. The molecule has 0 radical (unpaired) electrons. The summed E-state index contributed by atoms with van der Waals surface area (Å²) in [5, 5.41) is 14.1. The van der Waals surface area contributed by atoms with Gasteiger partial charge < -0.3 is 5.11 Å². The second-order valence-corrected chi connectivity index (χ2v) is 3.76. The van der Waals surface area contributed by atoms with E-state index in [1.54, 1.807) is 30.1 Å². The van der Waals surface area contributed by atoms with Crippen LogP contribution in [0.15, 0.2) is 18.3 Å². The lowest BCUT2D eigenvalue weighted by Gasteiger charge is -2.01. The van der Waals surface area contributed by atoms with Crippen molar-refractivity contribution in [3.63, 3.8) is 0 Å². The zero-order chi connectivity index (χ0) is 11.0. The smallest absolute Gasteiger partial charge is 0.307 e. The molecule has 5 heteroatoms. The van der Waals surface area contributed by atoms with Gasteiger partial charge in [0.25, 0.3) is 0 Å². The van der Waals surface area contributed by atoms with Crippen LogP contribution in [0, 0.1) is 0 Å². The number of aliphatic carboxylic acids is 1. The summed E-state index contributed by atoms with van der Waals surface area (Å²) in [7, 11) is 1.80. The minimum atomic E-state index is -0.866. The minimum Gasteiger partial charge on any atom is -0.481 e. The molecule has 0 aliphatic rings. The fourth-order valence-corrected chi connectivity index (χ4v) is 1.97. The molecule has 0 bridgehead atoms. The van der Waals surface area contributed by atoms with Crippen molar-refractivity contribution in [3.8, 4) is 0 Å². The summed E-state index contributed by atoms with van der Waals surface area (Å²) in [6.07, 6.45) is 1.65. The summed E-state index contributed by atoms with van der Waals surface area (Å²) in [5.74, 6) is -0.866. The predicted octanol–water partition coefficient (Wildman–Crippen LogP) is 1.85. The minimum absolute atomic E-state index is 0.0233. The molecule has 1 N–H and O–H groups in total. The van der Waals surface area contributed by atoms with Gasteiger partial charge >= 0.3 is 5.97 Å². The Kier molecular flexibility index (Phi) is 2.36. The molecule has 0 saturated carbocycles. The average molecular weight is 225 g/mol. The summed E-state index contributed by atoms with van der Waals surface area (Å²) >= 11 is 6.04. The van der Waals surface area contributed by atoms with Crippen LogP contribution in [-0.2, 0) is 18.3 Å². The molecule has 78 valence electrons. The fraction of sp³-hybridized carbons (Fsp3) is 0.200. The Morgan fingerprint density at radius 3 is 3.00 bits per heavy atom. The lowest BCUT2D eigenvalue weighted by molar-refractivity contribution is -0.136. The number of rotatable bonds is 2. The molecule has 0 unspecified atom stereocenters. The van der Waals surface area contributed by atoms with E-state index in [1.807, 2.05) is 0 Å². The summed E-state index contributed by atoms with van der Waals surface area (Å²) in [6, 6.07) is 3.46. The van der Waals surface area contributed by atoms with Crippen LogP contribution in [0.5, 0.6) is 0 Å². The number of carbonyl (C=O) groups is 1. The Morgan fingerprint density at radius 2 is 2.33 bits per heavy atom. The number of benzene rings is 1. The number of halogens is 1. The zero-order valence-corrected chi connectivity index (χ0v) is 8.82. The third kappa shape index (κ3) is 1.80. The van der Waals surface area contributed by atoms with Crippen molar-refractivity contribution in [2.75, 3.05) is 0 Å². The quantitative estimate of drug-likeness (QED) is 0.847. The summed E-state index contributed by atoms with van der Waals surface area (Å²) in [6.45, 7) is 0. The van der Waals surface area contributed by atoms with Crippen molar-refractivity contribution in [1.29, 1.82) is 0 Å².